The van der Waals surface area contributed by atoms with Crippen LogP contribution in [-0.2, 0) is 4.79 Å². The molecule has 1 aliphatic carbocycles. The van der Waals surface area contributed by atoms with Crippen molar-refractivity contribution in [3.05, 3.63) is 48.2 Å². The van der Waals surface area contributed by atoms with E-state index in [0.29, 0.717) is 30.4 Å². The van der Waals surface area contributed by atoms with Crippen LogP contribution < -0.4 is 15.3 Å². The lowest BCUT2D eigenvalue weighted by Crippen LogP contribution is -2.32. The van der Waals surface area contributed by atoms with E-state index in [0.717, 1.165) is 24.2 Å². The average Bonchev–Trinajstić information content (AvgIpc) is 3.51. The first-order valence-corrected chi connectivity index (χ1v) is 8.79. The number of amides is 2. The maximum absolute atomic E-state index is 13.2. The Morgan fingerprint density at radius 1 is 1.19 bits per heavy atom. The van der Waals surface area contributed by atoms with Gasteiger partial charge in [-0.15, -0.1) is 0 Å². The monoisotopic (exact) mass is 352 g/mol. The summed E-state index contributed by atoms with van der Waals surface area (Å²) in [5, 5.41) is 8.66. The third-order valence-corrected chi connectivity index (χ3v) is 4.74. The molecule has 134 valence electrons. The van der Waals surface area contributed by atoms with Gasteiger partial charge in [-0.3, -0.25) is 14.8 Å². The second-order valence-electron chi connectivity index (χ2n) is 6.56. The third kappa shape index (κ3) is 2.90. The topological polar surface area (TPSA) is 85.8 Å². The summed E-state index contributed by atoms with van der Waals surface area (Å²) in [6, 6.07) is 11.8. The Balaban J connectivity index is 1.76. The van der Waals surface area contributed by atoms with Gasteiger partial charge in [0, 0.05) is 25.2 Å². The number of pyridine rings is 1. The van der Waals surface area contributed by atoms with E-state index >= 15 is 0 Å². The second-order valence-corrected chi connectivity index (χ2v) is 6.56. The van der Waals surface area contributed by atoms with E-state index in [1.807, 2.05) is 24.3 Å². The van der Waals surface area contributed by atoms with E-state index in [2.05, 4.69) is 9.88 Å². The first-order chi connectivity index (χ1) is 12.7. The number of fused-ring (bicyclic) bond motifs is 2. The lowest BCUT2D eigenvalue weighted by atomic mass is 10.2. The molecule has 1 aliphatic heterocycles. The molecule has 1 aromatic carbocycles. The Kier molecular flexibility index (Phi) is 4.30. The predicted octanol–water partition coefficient (Wildman–Crippen LogP) is 2.63. The first-order valence-electron chi connectivity index (χ1n) is 8.79. The van der Waals surface area contributed by atoms with Crippen molar-refractivity contribution in [3.8, 4) is 0 Å². The molecule has 0 saturated heterocycles. The van der Waals surface area contributed by atoms with Gasteiger partial charge < -0.3 is 9.80 Å². The van der Waals surface area contributed by atoms with Gasteiger partial charge in [-0.25, -0.2) is 10.5 Å². The van der Waals surface area contributed by atoms with Gasteiger partial charge in [0.05, 0.1) is 16.9 Å². The van der Waals surface area contributed by atoms with Crippen LogP contribution in [0.1, 0.15) is 36.0 Å². The Morgan fingerprint density at radius 3 is 2.69 bits per heavy atom. The van der Waals surface area contributed by atoms with Crippen molar-refractivity contribution in [2.24, 2.45) is 0 Å². The molecule has 26 heavy (non-hydrogen) atoms. The molecular weight excluding hydrogens is 332 g/mol. The number of nitrogens with one attached hydrogen (secondary N) is 1. The number of para-hydroxylation sites is 2. The van der Waals surface area contributed by atoms with Crippen LogP contribution in [0.4, 0.5) is 17.2 Å². The summed E-state index contributed by atoms with van der Waals surface area (Å²) in [5.74, 6) is 0.124. The molecule has 4 rings (SSSR count). The minimum atomic E-state index is -0.456. The van der Waals surface area contributed by atoms with E-state index in [4.69, 9.17) is 5.21 Å². The molecule has 2 heterocycles. The number of aromatic nitrogens is 1. The SMILES string of the molecule is O=C(CCCN1C(=O)c2cccnc2N(C2CC2)c2ccccc21)NO. The van der Waals surface area contributed by atoms with E-state index in [-0.39, 0.29) is 12.3 Å². The van der Waals surface area contributed by atoms with E-state index in [1.165, 1.54) is 0 Å². The van der Waals surface area contributed by atoms with Crippen LogP contribution in [0.2, 0.25) is 0 Å². The Bertz CT molecular complexity index is 850. The lowest BCUT2D eigenvalue weighted by Gasteiger charge is -2.26. The molecule has 2 N–H and O–H groups in total. The smallest absolute Gasteiger partial charge is 0.262 e. The predicted molar refractivity (Wildman–Crippen MR) is 96.7 cm³/mol. The van der Waals surface area contributed by atoms with Crippen LogP contribution >= 0.6 is 0 Å². The Hall–Kier alpha value is -2.93. The van der Waals surface area contributed by atoms with E-state index < -0.39 is 5.91 Å². The molecule has 1 saturated carbocycles. The summed E-state index contributed by atoms with van der Waals surface area (Å²) >= 11 is 0. The summed E-state index contributed by atoms with van der Waals surface area (Å²) in [4.78, 5) is 32.9. The highest BCUT2D eigenvalue weighted by Gasteiger charge is 2.38. The zero-order chi connectivity index (χ0) is 18.1. The number of hydroxylamine groups is 1. The van der Waals surface area contributed by atoms with Gasteiger partial charge in [-0.05, 0) is 43.5 Å². The molecular formula is C19H20N4O3. The van der Waals surface area contributed by atoms with Gasteiger partial charge in [0.15, 0.2) is 0 Å². The molecule has 0 bridgehead atoms. The number of benzene rings is 1. The molecule has 0 radical (unpaired) electrons. The minimum absolute atomic E-state index is 0.117. The highest BCUT2D eigenvalue weighted by atomic mass is 16.5. The standard InChI is InChI=1S/C19H20N4O3/c24-17(21-26)8-4-12-22-15-6-1-2-7-16(15)23(13-9-10-13)18-14(19(22)25)5-3-11-20-18/h1-3,5-7,11,13,26H,4,8-10,12H2,(H,21,24). The van der Waals surface area contributed by atoms with E-state index in [1.54, 1.807) is 28.7 Å². The zero-order valence-corrected chi connectivity index (χ0v) is 14.3. The molecule has 1 fully saturated rings. The molecule has 0 spiro atoms. The minimum Gasteiger partial charge on any atom is -0.321 e. The van der Waals surface area contributed by atoms with Gasteiger partial charge in [0.2, 0.25) is 5.91 Å². The summed E-state index contributed by atoms with van der Waals surface area (Å²) in [5.41, 5.74) is 3.99. The van der Waals surface area contributed by atoms with Crippen molar-refractivity contribution in [1.82, 2.24) is 10.5 Å². The number of rotatable bonds is 5. The quantitative estimate of drug-likeness (QED) is 0.638. The number of nitrogens with zero attached hydrogens (tertiary/aromatic N) is 3. The number of carbonyl (C=O) groups is 2. The van der Waals surface area contributed by atoms with Crippen molar-refractivity contribution in [1.29, 1.82) is 0 Å². The molecule has 1 aromatic heterocycles. The van der Waals surface area contributed by atoms with Crippen LogP contribution in [0, 0.1) is 0 Å². The fourth-order valence-corrected chi connectivity index (χ4v) is 3.40. The molecule has 7 nitrogen and oxygen atoms in total. The molecule has 0 unspecified atom stereocenters. The third-order valence-electron chi connectivity index (χ3n) is 4.74. The zero-order valence-electron chi connectivity index (χ0n) is 14.3. The van der Waals surface area contributed by atoms with Crippen LogP contribution in [0.15, 0.2) is 42.6 Å². The van der Waals surface area contributed by atoms with Gasteiger partial charge in [0.1, 0.15) is 5.82 Å². The molecule has 7 heteroatoms. The fraction of sp³-hybridized carbons (Fsp3) is 0.316. The van der Waals surface area contributed by atoms with Crippen molar-refractivity contribution >= 4 is 29.0 Å². The number of anilines is 3. The highest BCUT2D eigenvalue weighted by molar-refractivity contribution is 6.13. The van der Waals surface area contributed by atoms with Crippen LogP contribution in [0.3, 0.4) is 0 Å². The van der Waals surface area contributed by atoms with Gasteiger partial charge in [-0.2, -0.15) is 0 Å². The second kappa shape index (κ2) is 6.76. The largest absolute Gasteiger partial charge is 0.321 e. The Morgan fingerprint density at radius 2 is 1.96 bits per heavy atom. The van der Waals surface area contributed by atoms with Gasteiger partial charge in [0.25, 0.3) is 5.91 Å². The van der Waals surface area contributed by atoms with Crippen molar-refractivity contribution in [2.75, 3.05) is 16.3 Å². The lowest BCUT2D eigenvalue weighted by molar-refractivity contribution is -0.129. The fourth-order valence-electron chi connectivity index (χ4n) is 3.40. The number of hydrogen-bond acceptors (Lipinski definition) is 5. The van der Waals surface area contributed by atoms with Crippen molar-refractivity contribution in [3.63, 3.8) is 0 Å². The van der Waals surface area contributed by atoms with Gasteiger partial charge in [-0.1, -0.05) is 12.1 Å². The summed E-state index contributed by atoms with van der Waals surface area (Å²) in [7, 11) is 0. The van der Waals surface area contributed by atoms with Crippen molar-refractivity contribution in [2.45, 2.75) is 31.7 Å². The van der Waals surface area contributed by atoms with Crippen LogP contribution in [0.5, 0.6) is 0 Å². The Labute approximate surface area is 151 Å². The molecule has 2 aromatic rings. The molecule has 2 amide bonds. The van der Waals surface area contributed by atoms with Gasteiger partial charge >= 0.3 is 0 Å². The first kappa shape index (κ1) is 16.5. The van der Waals surface area contributed by atoms with E-state index in [9.17, 15) is 9.59 Å². The van der Waals surface area contributed by atoms with Crippen LogP contribution in [-0.4, -0.2) is 34.6 Å². The number of carbonyl (C=O) groups excluding carboxylic acids is 2. The van der Waals surface area contributed by atoms with Crippen LogP contribution in [0.25, 0.3) is 0 Å². The summed E-state index contributed by atoms with van der Waals surface area (Å²) in [6.45, 7) is 0.385. The van der Waals surface area contributed by atoms with Crippen molar-refractivity contribution < 1.29 is 14.8 Å². The number of hydrogen-bond donors (Lipinski definition) is 2. The average molecular weight is 352 g/mol. The molecule has 2 aliphatic rings. The highest BCUT2D eigenvalue weighted by Crippen LogP contribution is 2.45. The molecule has 0 atom stereocenters. The normalized spacial score (nSPS) is 16.0. The summed E-state index contributed by atoms with van der Waals surface area (Å²) in [6.07, 6.45) is 4.47. The maximum atomic E-state index is 13.2. The summed E-state index contributed by atoms with van der Waals surface area (Å²) < 4.78 is 0. The maximum Gasteiger partial charge on any atom is 0.262 e.